The number of benzene rings is 1. The molecule has 0 bridgehead atoms. The summed E-state index contributed by atoms with van der Waals surface area (Å²) in [6.07, 6.45) is 2.64. The van der Waals surface area contributed by atoms with Crippen LogP contribution in [0.3, 0.4) is 0 Å². The lowest BCUT2D eigenvalue weighted by molar-refractivity contribution is -0.113. The van der Waals surface area contributed by atoms with Crippen LogP contribution in [-0.2, 0) is 24.7 Å². The van der Waals surface area contributed by atoms with Gasteiger partial charge in [0, 0.05) is 11.9 Å². The second-order valence-electron chi connectivity index (χ2n) is 10.9. The molecule has 0 radical (unpaired) electrons. The number of thiophene rings is 1. The van der Waals surface area contributed by atoms with Gasteiger partial charge in [-0.05, 0) is 80.2 Å². The topological polar surface area (TPSA) is 92.8 Å². The molecule has 196 valence electrons. The quantitative estimate of drug-likeness (QED) is 0.351. The number of ether oxygens (including phenoxy) is 1. The summed E-state index contributed by atoms with van der Waals surface area (Å²) >= 11 is 2.88. The molecule has 9 heteroatoms. The molecular formula is C28H35N5O2S2. The molecule has 0 saturated carbocycles. The third kappa shape index (κ3) is 6.19. The number of hydrogen-bond donors (Lipinski definition) is 1. The van der Waals surface area contributed by atoms with Gasteiger partial charge in [-0.15, -0.1) is 21.5 Å². The van der Waals surface area contributed by atoms with Crippen molar-refractivity contribution in [2.75, 3.05) is 11.1 Å². The number of thioether (sulfide) groups is 1. The van der Waals surface area contributed by atoms with E-state index in [4.69, 9.17) is 4.74 Å². The summed E-state index contributed by atoms with van der Waals surface area (Å²) < 4.78 is 7.98. The minimum absolute atomic E-state index is 0.156. The zero-order valence-corrected chi connectivity index (χ0v) is 24.3. The van der Waals surface area contributed by atoms with Gasteiger partial charge in [0.2, 0.25) is 5.91 Å². The molecule has 2 aromatic heterocycles. The largest absolute Gasteiger partial charge is 0.483 e. The first kappa shape index (κ1) is 27.2. The van der Waals surface area contributed by atoms with Crippen molar-refractivity contribution in [2.45, 2.75) is 72.1 Å². The van der Waals surface area contributed by atoms with Gasteiger partial charge in [0.25, 0.3) is 0 Å². The number of carbonyl (C=O) groups is 1. The molecule has 3 aromatic rings. The number of carbonyl (C=O) groups excluding carboxylic acids is 1. The fraction of sp³-hybridized carbons (Fsp3) is 0.500. The molecule has 1 aliphatic carbocycles. The molecule has 1 amide bonds. The number of fused-ring (bicyclic) bond motifs is 1. The van der Waals surface area contributed by atoms with Crippen molar-refractivity contribution >= 4 is 34.0 Å². The maximum atomic E-state index is 12.8. The molecule has 1 aromatic carbocycles. The van der Waals surface area contributed by atoms with Gasteiger partial charge in [0.15, 0.2) is 17.1 Å². The van der Waals surface area contributed by atoms with Crippen LogP contribution in [0.5, 0.6) is 5.75 Å². The van der Waals surface area contributed by atoms with Crippen LogP contribution in [0, 0.1) is 36.5 Å². The van der Waals surface area contributed by atoms with Crippen LogP contribution in [-0.4, -0.2) is 26.4 Å². The molecule has 0 saturated heterocycles. The summed E-state index contributed by atoms with van der Waals surface area (Å²) in [7, 11) is 1.88. The summed E-state index contributed by atoms with van der Waals surface area (Å²) in [5.41, 5.74) is 4.26. The van der Waals surface area contributed by atoms with Gasteiger partial charge in [0.05, 0.1) is 11.3 Å². The van der Waals surface area contributed by atoms with Gasteiger partial charge < -0.3 is 14.6 Å². The zero-order valence-electron chi connectivity index (χ0n) is 22.6. The second kappa shape index (κ2) is 10.9. The van der Waals surface area contributed by atoms with E-state index in [-0.39, 0.29) is 23.2 Å². The molecule has 37 heavy (non-hydrogen) atoms. The Morgan fingerprint density at radius 3 is 2.65 bits per heavy atom. The first-order valence-electron chi connectivity index (χ1n) is 12.6. The lowest BCUT2D eigenvalue weighted by atomic mass is 9.72. The van der Waals surface area contributed by atoms with Gasteiger partial charge in [-0.1, -0.05) is 38.6 Å². The Bertz CT molecular complexity index is 1330. The molecule has 2 unspecified atom stereocenters. The highest BCUT2D eigenvalue weighted by Gasteiger charge is 2.32. The van der Waals surface area contributed by atoms with Crippen molar-refractivity contribution in [1.82, 2.24) is 14.8 Å². The number of aryl methyl sites for hydroxylation is 2. The summed E-state index contributed by atoms with van der Waals surface area (Å²) in [5.74, 6) is 2.08. The Morgan fingerprint density at radius 2 is 2.00 bits per heavy atom. The second-order valence-corrected chi connectivity index (χ2v) is 13.0. The van der Waals surface area contributed by atoms with E-state index in [0.29, 0.717) is 27.5 Å². The molecule has 4 rings (SSSR count). The van der Waals surface area contributed by atoms with E-state index in [2.05, 4.69) is 48.4 Å². The monoisotopic (exact) mass is 537 g/mol. The van der Waals surface area contributed by atoms with Gasteiger partial charge in [-0.2, -0.15) is 5.26 Å². The third-order valence-electron chi connectivity index (χ3n) is 6.93. The predicted molar refractivity (Wildman–Crippen MR) is 149 cm³/mol. The van der Waals surface area contributed by atoms with E-state index in [9.17, 15) is 10.1 Å². The Morgan fingerprint density at radius 1 is 1.30 bits per heavy atom. The van der Waals surface area contributed by atoms with Crippen LogP contribution in [0.4, 0.5) is 5.00 Å². The molecule has 1 aliphatic rings. The third-order valence-corrected chi connectivity index (χ3v) is 9.12. The molecular weight excluding hydrogens is 502 g/mol. The number of rotatable bonds is 7. The fourth-order valence-corrected chi connectivity index (χ4v) is 6.90. The Labute approximate surface area is 227 Å². The number of amides is 1. The van der Waals surface area contributed by atoms with Crippen LogP contribution in [0.2, 0.25) is 0 Å². The van der Waals surface area contributed by atoms with Crippen LogP contribution < -0.4 is 10.1 Å². The summed E-state index contributed by atoms with van der Waals surface area (Å²) in [5, 5.41) is 22.7. The number of nitriles is 1. The van der Waals surface area contributed by atoms with Crippen molar-refractivity contribution in [2.24, 2.45) is 18.4 Å². The number of anilines is 1. The van der Waals surface area contributed by atoms with Gasteiger partial charge >= 0.3 is 0 Å². The molecule has 0 fully saturated rings. The normalized spacial score (nSPS) is 16.1. The van der Waals surface area contributed by atoms with Crippen molar-refractivity contribution < 1.29 is 9.53 Å². The van der Waals surface area contributed by atoms with E-state index in [1.165, 1.54) is 16.6 Å². The van der Waals surface area contributed by atoms with Gasteiger partial charge in [0.1, 0.15) is 16.8 Å². The minimum atomic E-state index is -0.297. The SMILES string of the molecule is Cc1cc(C)cc(OC(C)c2nnc(SCC(=O)Nc3sc4c(c3C#N)CCC(C(C)(C)C)C4)n2C)c1. The average Bonchev–Trinajstić information content (AvgIpc) is 3.35. The zero-order chi connectivity index (χ0) is 26.9. The highest BCUT2D eigenvalue weighted by molar-refractivity contribution is 7.99. The molecule has 0 spiro atoms. The highest BCUT2D eigenvalue weighted by atomic mass is 32.2. The first-order chi connectivity index (χ1) is 17.5. The van der Waals surface area contributed by atoms with Gasteiger partial charge in [-0.3, -0.25) is 4.79 Å². The Hall–Kier alpha value is -2.83. The smallest absolute Gasteiger partial charge is 0.235 e. The van der Waals surface area contributed by atoms with E-state index in [1.54, 1.807) is 11.3 Å². The van der Waals surface area contributed by atoms with Crippen LogP contribution >= 0.6 is 23.1 Å². The standard InChI is InChI=1S/C28H35N5O2S2/c1-16-10-17(2)12-20(11-16)35-18(3)25-31-32-27(33(25)7)36-15-24(34)30-26-22(14-29)21-9-8-19(28(4,5)6)13-23(21)37-26/h10-12,18-19H,8-9,13,15H2,1-7H3,(H,30,34). The van der Waals surface area contributed by atoms with E-state index in [0.717, 1.165) is 41.7 Å². The van der Waals surface area contributed by atoms with E-state index < -0.39 is 0 Å². The van der Waals surface area contributed by atoms with Crippen LogP contribution in [0.1, 0.15) is 73.2 Å². The molecule has 2 heterocycles. The Kier molecular flexibility index (Phi) is 8.00. The Balaban J connectivity index is 1.39. The number of nitrogens with one attached hydrogen (secondary N) is 1. The maximum Gasteiger partial charge on any atom is 0.235 e. The summed E-state index contributed by atoms with van der Waals surface area (Å²) in [6, 6.07) is 8.44. The van der Waals surface area contributed by atoms with Crippen LogP contribution in [0.15, 0.2) is 23.4 Å². The average molecular weight is 538 g/mol. The molecule has 7 nitrogen and oxygen atoms in total. The number of aromatic nitrogens is 3. The van der Waals surface area contributed by atoms with Crippen molar-refractivity contribution in [3.05, 3.63) is 51.2 Å². The highest BCUT2D eigenvalue weighted by Crippen LogP contribution is 2.44. The molecule has 2 atom stereocenters. The van der Waals surface area contributed by atoms with E-state index in [1.807, 2.05) is 44.5 Å². The fourth-order valence-electron chi connectivity index (χ4n) is 4.89. The molecule has 0 aliphatic heterocycles. The maximum absolute atomic E-state index is 12.8. The summed E-state index contributed by atoms with van der Waals surface area (Å²) in [6.45, 7) is 12.8. The van der Waals surface area contributed by atoms with E-state index >= 15 is 0 Å². The summed E-state index contributed by atoms with van der Waals surface area (Å²) in [4.78, 5) is 14.1. The number of nitrogens with zero attached hydrogens (tertiary/aromatic N) is 4. The number of hydrogen-bond acceptors (Lipinski definition) is 7. The van der Waals surface area contributed by atoms with Crippen LogP contribution in [0.25, 0.3) is 0 Å². The van der Waals surface area contributed by atoms with Gasteiger partial charge in [-0.25, -0.2) is 0 Å². The minimum Gasteiger partial charge on any atom is -0.483 e. The lowest BCUT2D eigenvalue weighted by Crippen LogP contribution is -2.26. The van der Waals surface area contributed by atoms with Crippen molar-refractivity contribution in [1.29, 1.82) is 5.26 Å². The lowest BCUT2D eigenvalue weighted by Gasteiger charge is -2.33. The first-order valence-corrected chi connectivity index (χ1v) is 14.4. The van der Waals surface area contributed by atoms with Crippen molar-refractivity contribution in [3.63, 3.8) is 0 Å². The van der Waals surface area contributed by atoms with Crippen molar-refractivity contribution in [3.8, 4) is 11.8 Å². The molecule has 1 N–H and O–H groups in total. The predicted octanol–water partition coefficient (Wildman–Crippen LogP) is 6.39.